The molecule has 45 heavy (non-hydrogen) atoms. The summed E-state index contributed by atoms with van der Waals surface area (Å²) in [5, 5.41) is 9.96. The SMILES string of the molecule is O=C(O)Cc1cccc(OCCCN2C(=O)C(=Cc3cc(-c4ccc(Cl)c(Cl)c4)ccc3OCCN3CCOCC3)SC2=S)c1. The molecule has 2 heterocycles. The van der Waals surface area contributed by atoms with Gasteiger partial charge in [0.2, 0.25) is 0 Å². The van der Waals surface area contributed by atoms with Gasteiger partial charge in [-0.3, -0.25) is 19.4 Å². The van der Waals surface area contributed by atoms with Gasteiger partial charge in [-0.15, -0.1) is 0 Å². The van der Waals surface area contributed by atoms with Crippen molar-refractivity contribution in [1.29, 1.82) is 0 Å². The molecule has 2 aliphatic heterocycles. The number of amides is 1. The quantitative estimate of drug-likeness (QED) is 0.120. The number of carboxylic acids is 1. The molecule has 0 radical (unpaired) electrons. The molecule has 5 rings (SSSR count). The van der Waals surface area contributed by atoms with Crippen molar-refractivity contribution >= 4 is 69.5 Å². The maximum atomic E-state index is 13.5. The molecule has 2 fully saturated rings. The lowest BCUT2D eigenvalue weighted by molar-refractivity contribution is -0.136. The molecule has 0 bridgehead atoms. The van der Waals surface area contributed by atoms with Crippen molar-refractivity contribution in [3.63, 3.8) is 0 Å². The molecule has 0 atom stereocenters. The van der Waals surface area contributed by atoms with Crippen LogP contribution in [0.5, 0.6) is 11.5 Å². The highest BCUT2D eigenvalue weighted by atomic mass is 35.5. The van der Waals surface area contributed by atoms with E-state index in [1.807, 2.05) is 36.4 Å². The van der Waals surface area contributed by atoms with E-state index in [9.17, 15) is 9.59 Å². The molecule has 1 N–H and O–H groups in total. The molecule has 0 unspecified atom stereocenters. The Kier molecular flexibility index (Phi) is 11.8. The van der Waals surface area contributed by atoms with E-state index < -0.39 is 5.97 Å². The summed E-state index contributed by atoms with van der Waals surface area (Å²) in [6.07, 6.45) is 2.30. The van der Waals surface area contributed by atoms with E-state index in [2.05, 4.69) is 4.90 Å². The van der Waals surface area contributed by atoms with Crippen LogP contribution in [-0.2, 0) is 20.7 Å². The van der Waals surface area contributed by atoms with E-state index in [0.717, 1.165) is 49.5 Å². The normalized spacial score (nSPS) is 16.4. The van der Waals surface area contributed by atoms with Gasteiger partial charge in [0.1, 0.15) is 22.4 Å². The van der Waals surface area contributed by atoms with Gasteiger partial charge in [0.25, 0.3) is 5.91 Å². The third-order valence-corrected chi connectivity index (χ3v) is 9.36. The minimum absolute atomic E-state index is 0.0724. The number of morpholine rings is 1. The molecule has 0 aromatic heterocycles. The number of halogens is 2. The van der Waals surface area contributed by atoms with Crippen LogP contribution in [0.2, 0.25) is 10.0 Å². The summed E-state index contributed by atoms with van der Waals surface area (Å²) in [6.45, 7) is 5.18. The molecule has 0 aliphatic carbocycles. The number of nitrogens with zero attached hydrogens (tertiary/aromatic N) is 2. The Labute approximate surface area is 281 Å². The molecular formula is C33H32Cl2N2O6S2. The van der Waals surface area contributed by atoms with E-state index in [4.69, 9.17) is 54.7 Å². The average molecular weight is 688 g/mol. The van der Waals surface area contributed by atoms with Gasteiger partial charge >= 0.3 is 5.97 Å². The van der Waals surface area contributed by atoms with Crippen LogP contribution in [0.25, 0.3) is 17.2 Å². The molecule has 0 saturated carbocycles. The maximum Gasteiger partial charge on any atom is 0.307 e. The van der Waals surface area contributed by atoms with Gasteiger partial charge in [-0.05, 0) is 65.6 Å². The minimum atomic E-state index is -0.901. The van der Waals surface area contributed by atoms with E-state index in [1.165, 1.54) is 11.8 Å². The summed E-state index contributed by atoms with van der Waals surface area (Å²) in [5.41, 5.74) is 3.21. The Morgan fingerprint density at radius 2 is 1.76 bits per heavy atom. The number of ether oxygens (including phenoxy) is 3. The first-order valence-corrected chi connectivity index (χ1v) is 16.5. The zero-order valence-electron chi connectivity index (χ0n) is 24.4. The standard InChI is InChI=1S/C33H32Cl2N2O6S2/c34-27-7-5-24(20-28(27)35)23-6-8-29(43-16-12-36-10-14-41-15-11-36)25(19-23)21-30-32(40)37(33(44)45-30)9-2-13-42-26-4-1-3-22(17-26)18-31(38)39/h1,3-8,17,19-21H,2,9-16,18H2,(H,38,39). The van der Waals surface area contributed by atoms with Crippen molar-refractivity contribution in [3.05, 3.63) is 86.7 Å². The lowest BCUT2D eigenvalue weighted by Crippen LogP contribution is -2.38. The lowest BCUT2D eigenvalue weighted by atomic mass is 10.0. The van der Waals surface area contributed by atoms with Crippen molar-refractivity contribution in [2.24, 2.45) is 0 Å². The van der Waals surface area contributed by atoms with Gasteiger partial charge in [-0.1, -0.05) is 71.4 Å². The Bertz CT molecular complexity index is 1600. The number of carboxylic acid groups (broad SMARTS) is 1. The average Bonchev–Trinajstić information content (AvgIpc) is 3.29. The molecule has 12 heteroatoms. The molecule has 3 aromatic carbocycles. The number of thioether (sulfide) groups is 1. The monoisotopic (exact) mass is 686 g/mol. The second-order valence-electron chi connectivity index (χ2n) is 10.4. The predicted octanol–water partition coefficient (Wildman–Crippen LogP) is 6.67. The molecule has 8 nitrogen and oxygen atoms in total. The van der Waals surface area contributed by atoms with Crippen molar-refractivity contribution in [3.8, 4) is 22.6 Å². The molecule has 2 aliphatic rings. The van der Waals surface area contributed by atoms with Crippen molar-refractivity contribution < 1.29 is 28.9 Å². The number of benzene rings is 3. The first-order chi connectivity index (χ1) is 21.8. The minimum Gasteiger partial charge on any atom is -0.494 e. The number of aliphatic carboxylic acids is 1. The second-order valence-corrected chi connectivity index (χ2v) is 12.9. The van der Waals surface area contributed by atoms with Crippen LogP contribution in [0.4, 0.5) is 0 Å². The highest BCUT2D eigenvalue weighted by molar-refractivity contribution is 8.26. The highest BCUT2D eigenvalue weighted by Crippen LogP contribution is 2.37. The van der Waals surface area contributed by atoms with Crippen molar-refractivity contribution in [2.75, 3.05) is 52.6 Å². The first-order valence-electron chi connectivity index (χ1n) is 14.5. The Hall–Kier alpha value is -3.12. The first kappa shape index (κ1) is 33.2. The lowest BCUT2D eigenvalue weighted by Gasteiger charge is -2.26. The van der Waals surface area contributed by atoms with Crippen LogP contribution in [-0.4, -0.2) is 83.7 Å². The molecule has 1 amide bonds. The Morgan fingerprint density at radius 1 is 0.978 bits per heavy atom. The number of hydrogen-bond acceptors (Lipinski definition) is 8. The molecular weight excluding hydrogens is 655 g/mol. The number of rotatable bonds is 13. The summed E-state index contributed by atoms with van der Waals surface area (Å²) >= 11 is 19.3. The number of carbonyl (C=O) groups excluding carboxylic acids is 1. The zero-order valence-corrected chi connectivity index (χ0v) is 27.5. The van der Waals surface area contributed by atoms with Crippen LogP contribution in [0, 0.1) is 0 Å². The topological polar surface area (TPSA) is 88.5 Å². The predicted molar refractivity (Wildman–Crippen MR) is 182 cm³/mol. The van der Waals surface area contributed by atoms with E-state index in [-0.39, 0.29) is 12.3 Å². The fourth-order valence-electron chi connectivity index (χ4n) is 4.92. The van der Waals surface area contributed by atoms with E-state index in [1.54, 1.807) is 35.2 Å². The van der Waals surface area contributed by atoms with Crippen LogP contribution in [0.15, 0.2) is 65.6 Å². The summed E-state index contributed by atoms with van der Waals surface area (Å²) in [7, 11) is 0. The van der Waals surface area contributed by atoms with E-state index >= 15 is 0 Å². The summed E-state index contributed by atoms with van der Waals surface area (Å²) in [4.78, 5) is 28.9. The zero-order chi connectivity index (χ0) is 31.8. The summed E-state index contributed by atoms with van der Waals surface area (Å²) < 4.78 is 18.0. The van der Waals surface area contributed by atoms with Crippen LogP contribution in [0.1, 0.15) is 17.5 Å². The van der Waals surface area contributed by atoms with Gasteiger partial charge in [0.05, 0.1) is 41.2 Å². The Morgan fingerprint density at radius 3 is 2.53 bits per heavy atom. The Balaban J connectivity index is 1.27. The third kappa shape index (κ3) is 9.22. The van der Waals surface area contributed by atoms with Gasteiger partial charge in [0, 0.05) is 31.7 Å². The molecule has 3 aromatic rings. The maximum absolute atomic E-state index is 13.5. The largest absolute Gasteiger partial charge is 0.494 e. The van der Waals surface area contributed by atoms with Crippen molar-refractivity contribution in [2.45, 2.75) is 12.8 Å². The summed E-state index contributed by atoms with van der Waals surface area (Å²) in [5.74, 6) is 0.174. The van der Waals surface area contributed by atoms with Crippen LogP contribution < -0.4 is 9.47 Å². The summed E-state index contributed by atoms with van der Waals surface area (Å²) in [6, 6.07) is 18.3. The number of thiocarbonyl (C=S) groups is 1. The third-order valence-electron chi connectivity index (χ3n) is 7.24. The van der Waals surface area contributed by atoms with Crippen LogP contribution >= 0.6 is 47.2 Å². The number of hydrogen-bond donors (Lipinski definition) is 1. The highest BCUT2D eigenvalue weighted by Gasteiger charge is 2.32. The van der Waals surface area contributed by atoms with Crippen molar-refractivity contribution in [1.82, 2.24) is 9.80 Å². The van der Waals surface area contributed by atoms with E-state index in [0.29, 0.717) is 62.5 Å². The fourth-order valence-corrected chi connectivity index (χ4v) is 6.52. The molecule has 2 saturated heterocycles. The number of carbonyl (C=O) groups is 2. The van der Waals surface area contributed by atoms with Gasteiger partial charge in [-0.25, -0.2) is 0 Å². The second kappa shape index (κ2) is 15.9. The smallest absolute Gasteiger partial charge is 0.307 e. The molecule has 236 valence electrons. The van der Waals surface area contributed by atoms with Gasteiger partial charge in [-0.2, -0.15) is 0 Å². The molecule has 0 spiro atoms. The van der Waals surface area contributed by atoms with Crippen LogP contribution in [0.3, 0.4) is 0 Å². The van der Waals surface area contributed by atoms with Gasteiger partial charge < -0.3 is 19.3 Å². The fraction of sp³-hybridized carbons (Fsp3) is 0.303. The van der Waals surface area contributed by atoms with Gasteiger partial charge in [0.15, 0.2) is 0 Å².